The number of amides is 1. The van der Waals surface area contributed by atoms with Crippen LogP contribution >= 0.6 is 11.3 Å². The molecule has 0 spiro atoms. The number of benzene rings is 1. The number of carbonyl (C=O) groups excluding carboxylic acids is 1. The minimum atomic E-state index is -0.00110. The second kappa shape index (κ2) is 7.88. The van der Waals surface area contributed by atoms with Crippen molar-refractivity contribution in [3.63, 3.8) is 0 Å². The van der Waals surface area contributed by atoms with Gasteiger partial charge in [0.05, 0.1) is 21.3 Å². The second-order valence-corrected chi connectivity index (χ2v) is 9.76. The van der Waals surface area contributed by atoms with Crippen LogP contribution in [0.2, 0.25) is 0 Å². The molecule has 0 aliphatic carbocycles. The van der Waals surface area contributed by atoms with Crippen molar-refractivity contribution in [1.82, 2.24) is 14.8 Å². The smallest absolute Gasteiger partial charge is 0.239 e. The van der Waals surface area contributed by atoms with Crippen molar-refractivity contribution >= 4 is 27.5 Å². The summed E-state index contributed by atoms with van der Waals surface area (Å²) in [6.07, 6.45) is 3.44. The first-order valence-electron chi connectivity index (χ1n) is 10.4. The van der Waals surface area contributed by atoms with Crippen molar-refractivity contribution in [3.8, 4) is 0 Å². The maximum atomic E-state index is 13.0. The van der Waals surface area contributed by atoms with Gasteiger partial charge in [-0.25, -0.2) is 4.98 Å². The lowest BCUT2D eigenvalue weighted by Gasteiger charge is -2.40. The third-order valence-corrected chi connectivity index (χ3v) is 7.47. The van der Waals surface area contributed by atoms with Gasteiger partial charge in [0.25, 0.3) is 0 Å². The zero-order valence-corrected chi connectivity index (χ0v) is 17.5. The van der Waals surface area contributed by atoms with E-state index >= 15 is 0 Å². The van der Waals surface area contributed by atoms with Gasteiger partial charge in [-0.05, 0) is 63.2 Å². The van der Waals surface area contributed by atoms with Gasteiger partial charge in [0.1, 0.15) is 0 Å². The van der Waals surface area contributed by atoms with Gasteiger partial charge in [-0.1, -0.05) is 26.0 Å². The van der Waals surface area contributed by atoms with Crippen molar-refractivity contribution in [1.29, 1.82) is 0 Å². The number of rotatable bonds is 3. The van der Waals surface area contributed by atoms with Crippen LogP contribution in [0.25, 0.3) is 10.2 Å². The molecule has 2 aromatic rings. The summed E-state index contributed by atoms with van der Waals surface area (Å²) >= 11 is 1.84. The van der Waals surface area contributed by atoms with Gasteiger partial charge in [0.15, 0.2) is 0 Å². The van der Waals surface area contributed by atoms with Gasteiger partial charge >= 0.3 is 0 Å². The largest absolute Gasteiger partial charge is 0.341 e. The average Bonchev–Trinajstić information content (AvgIpc) is 3.10. The molecule has 3 atom stereocenters. The Morgan fingerprint density at radius 2 is 1.81 bits per heavy atom. The highest BCUT2D eigenvalue weighted by Crippen LogP contribution is 2.34. The van der Waals surface area contributed by atoms with Crippen LogP contribution in [0.4, 0.5) is 0 Å². The average molecular weight is 386 g/mol. The van der Waals surface area contributed by atoms with E-state index in [1.165, 1.54) is 16.1 Å². The summed E-state index contributed by atoms with van der Waals surface area (Å²) in [5.41, 5.74) is 1.12. The number of thiazole rings is 1. The molecule has 1 amide bonds. The van der Waals surface area contributed by atoms with Crippen LogP contribution in [0.15, 0.2) is 24.3 Å². The van der Waals surface area contributed by atoms with E-state index in [1.807, 2.05) is 11.3 Å². The maximum Gasteiger partial charge on any atom is 0.239 e. The van der Waals surface area contributed by atoms with Crippen molar-refractivity contribution in [3.05, 3.63) is 29.3 Å². The Balaban J connectivity index is 1.36. The maximum absolute atomic E-state index is 13.0. The van der Waals surface area contributed by atoms with Crippen molar-refractivity contribution in [2.45, 2.75) is 52.0 Å². The van der Waals surface area contributed by atoms with Crippen LogP contribution in [0.1, 0.15) is 51.0 Å². The van der Waals surface area contributed by atoms with E-state index in [1.54, 1.807) is 0 Å². The zero-order valence-electron chi connectivity index (χ0n) is 16.7. The summed E-state index contributed by atoms with van der Waals surface area (Å²) in [5.74, 6) is 2.10. The summed E-state index contributed by atoms with van der Waals surface area (Å²) in [4.78, 5) is 22.4. The number of fused-ring (bicyclic) bond motifs is 1. The first-order valence-corrected chi connectivity index (χ1v) is 11.2. The molecule has 3 unspecified atom stereocenters. The molecule has 4 rings (SSSR count). The van der Waals surface area contributed by atoms with Gasteiger partial charge in [-0.3, -0.25) is 9.69 Å². The van der Waals surface area contributed by atoms with E-state index in [9.17, 15) is 4.79 Å². The molecule has 0 radical (unpaired) electrons. The topological polar surface area (TPSA) is 36.4 Å². The molecule has 27 heavy (non-hydrogen) atoms. The number of aromatic nitrogens is 1. The fourth-order valence-corrected chi connectivity index (χ4v) is 6.00. The van der Waals surface area contributed by atoms with E-state index in [0.29, 0.717) is 23.7 Å². The fourth-order valence-electron chi connectivity index (χ4n) is 4.86. The molecule has 1 aromatic carbocycles. The monoisotopic (exact) mass is 385 g/mol. The second-order valence-electron chi connectivity index (χ2n) is 8.70. The molecule has 0 bridgehead atoms. The van der Waals surface area contributed by atoms with E-state index < -0.39 is 0 Å². The van der Waals surface area contributed by atoms with Crippen LogP contribution in [0, 0.1) is 11.8 Å². The lowest BCUT2D eigenvalue weighted by molar-refractivity contribution is -0.139. The minimum Gasteiger partial charge on any atom is -0.341 e. The summed E-state index contributed by atoms with van der Waals surface area (Å²) in [6, 6.07) is 8.41. The predicted molar refractivity (Wildman–Crippen MR) is 112 cm³/mol. The lowest BCUT2D eigenvalue weighted by atomic mass is 9.91. The number of para-hydroxylation sites is 1. The van der Waals surface area contributed by atoms with E-state index in [-0.39, 0.29) is 6.04 Å². The van der Waals surface area contributed by atoms with Gasteiger partial charge in [0.2, 0.25) is 5.91 Å². The number of likely N-dealkylation sites (tertiary alicyclic amines) is 2. The molecule has 1 aromatic heterocycles. The van der Waals surface area contributed by atoms with Crippen LogP contribution in [0.3, 0.4) is 0 Å². The Morgan fingerprint density at radius 1 is 1.15 bits per heavy atom. The Hall–Kier alpha value is -1.46. The Bertz CT molecular complexity index is 753. The van der Waals surface area contributed by atoms with E-state index in [2.05, 4.69) is 54.8 Å². The van der Waals surface area contributed by atoms with E-state index in [4.69, 9.17) is 4.98 Å². The third kappa shape index (κ3) is 4.04. The van der Waals surface area contributed by atoms with Crippen molar-refractivity contribution in [2.24, 2.45) is 11.8 Å². The lowest BCUT2D eigenvalue weighted by Crippen LogP contribution is -2.52. The molecule has 2 aliphatic heterocycles. The minimum absolute atomic E-state index is 0.00110. The quantitative estimate of drug-likeness (QED) is 0.787. The Kier molecular flexibility index (Phi) is 5.51. The van der Waals surface area contributed by atoms with Crippen molar-refractivity contribution in [2.75, 3.05) is 26.2 Å². The molecule has 2 fully saturated rings. The molecule has 3 heterocycles. The Morgan fingerprint density at radius 3 is 2.48 bits per heavy atom. The van der Waals surface area contributed by atoms with Gasteiger partial charge in [-0.15, -0.1) is 11.3 Å². The van der Waals surface area contributed by atoms with E-state index in [0.717, 1.165) is 44.5 Å². The van der Waals surface area contributed by atoms with Crippen LogP contribution in [0.5, 0.6) is 0 Å². The van der Waals surface area contributed by atoms with Gasteiger partial charge < -0.3 is 4.90 Å². The molecule has 146 valence electrons. The standard InChI is InChI=1S/C22H31N3OS/c1-15-12-16(2)14-25(13-15)22(26)17(3)24-10-8-18(9-11-24)21-23-19-6-4-5-7-20(19)27-21/h4-7,15-18H,8-14H2,1-3H3. The normalized spacial score (nSPS) is 26.4. The zero-order chi connectivity index (χ0) is 19.0. The van der Waals surface area contributed by atoms with Crippen molar-refractivity contribution < 1.29 is 4.79 Å². The molecular formula is C22H31N3OS. The Labute approximate surface area is 166 Å². The molecule has 0 saturated carbocycles. The SMILES string of the molecule is CC1CC(C)CN(C(=O)C(C)N2CCC(c3nc4ccccc4s3)CC2)C1. The molecular weight excluding hydrogens is 354 g/mol. The predicted octanol–water partition coefficient (Wildman–Crippen LogP) is 4.37. The van der Waals surface area contributed by atoms with Crippen LogP contribution in [-0.2, 0) is 4.79 Å². The highest BCUT2D eigenvalue weighted by molar-refractivity contribution is 7.18. The summed E-state index contributed by atoms with van der Waals surface area (Å²) in [5, 5.41) is 1.27. The third-order valence-electron chi connectivity index (χ3n) is 6.27. The first-order chi connectivity index (χ1) is 13.0. The number of nitrogens with zero attached hydrogens (tertiary/aromatic N) is 3. The number of piperidine rings is 2. The summed E-state index contributed by atoms with van der Waals surface area (Å²) < 4.78 is 1.28. The number of hydrogen-bond donors (Lipinski definition) is 0. The molecule has 2 aliphatic rings. The summed E-state index contributed by atoms with van der Waals surface area (Å²) in [7, 11) is 0. The summed E-state index contributed by atoms with van der Waals surface area (Å²) in [6.45, 7) is 10.5. The molecule has 5 heteroatoms. The highest BCUT2D eigenvalue weighted by Gasteiger charge is 2.33. The fraction of sp³-hybridized carbons (Fsp3) is 0.636. The first kappa shape index (κ1) is 18.9. The van der Waals surface area contributed by atoms with Gasteiger partial charge in [0, 0.05) is 19.0 Å². The van der Waals surface area contributed by atoms with Crippen LogP contribution < -0.4 is 0 Å². The molecule has 2 saturated heterocycles. The molecule has 4 nitrogen and oxygen atoms in total. The van der Waals surface area contributed by atoms with Crippen LogP contribution in [-0.4, -0.2) is 52.9 Å². The number of carbonyl (C=O) groups is 1. The highest BCUT2D eigenvalue weighted by atomic mass is 32.1. The molecule has 0 N–H and O–H groups in total. The van der Waals surface area contributed by atoms with Gasteiger partial charge in [-0.2, -0.15) is 0 Å². The number of hydrogen-bond acceptors (Lipinski definition) is 4.